The summed E-state index contributed by atoms with van der Waals surface area (Å²) < 4.78 is 52.4. The highest BCUT2D eigenvalue weighted by molar-refractivity contribution is 9.10. The normalized spacial score (nSPS) is 19.4. The molecule has 0 unspecified atom stereocenters. The van der Waals surface area contributed by atoms with Crippen LogP contribution in [0.2, 0.25) is 0 Å². The molecule has 1 heterocycles. The zero-order valence-corrected chi connectivity index (χ0v) is 16.5. The van der Waals surface area contributed by atoms with Gasteiger partial charge >= 0.3 is 12.1 Å². The predicted molar refractivity (Wildman–Crippen MR) is 102 cm³/mol. The Balaban J connectivity index is 2.16. The van der Waals surface area contributed by atoms with Crippen molar-refractivity contribution in [2.75, 3.05) is 19.1 Å². The molecule has 9 heteroatoms. The minimum atomic E-state index is -4.72. The summed E-state index contributed by atoms with van der Waals surface area (Å²) in [6.07, 6.45) is -4.72. The van der Waals surface area contributed by atoms with Crippen LogP contribution in [0, 0.1) is 0 Å². The van der Waals surface area contributed by atoms with Crippen LogP contribution < -0.4 is 9.64 Å². The molecule has 0 amide bonds. The average molecular weight is 457 g/mol. The van der Waals surface area contributed by atoms with Crippen molar-refractivity contribution in [3.8, 4) is 5.75 Å². The summed E-state index contributed by atoms with van der Waals surface area (Å²) in [6.45, 7) is 0. The number of alkyl halides is 3. The third-order valence-corrected chi connectivity index (χ3v) is 4.83. The smallest absolute Gasteiger partial charge is 0.411 e. The van der Waals surface area contributed by atoms with Crippen molar-refractivity contribution in [1.29, 1.82) is 0 Å². The van der Waals surface area contributed by atoms with Crippen LogP contribution in [0.25, 0.3) is 0 Å². The van der Waals surface area contributed by atoms with Crippen molar-refractivity contribution in [2.45, 2.75) is 18.3 Å². The summed E-state index contributed by atoms with van der Waals surface area (Å²) in [5, 5.41) is 0. The van der Waals surface area contributed by atoms with Gasteiger partial charge in [0.15, 0.2) is 12.1 Å². The first-order valence-corrected chi connectivity index (χ1v) is 8.97. The van der Waals surface area contributed by atoms with E-state index >= 15 is 0 Å². The number of nitrogens with zero attached hydrogens (tertiary/aromatic N) is 2. The number of aliphatic imine (C=N–C) groups is 1. The minimum Gasteiger partial charge on any atom is -0.497 e. The van der Waals surface area contributed by atoms with E-state index in [9.17, 15) is 18.0 Å². The Bertz CT molecular complexity index is 883. The first-order chi connectivity index (χ1) is 13.3. The maximum absolute atomic E-state index is 14.0. The lowest BCUT2D eigenvalue weighted by Gasteiger charge is -2.31. The predicted octanol–water partition coefficient (Wildman–Crippen LogP) is 4.20. The van der Waals surface area contributed by atoms with E-state index in [-0.39, 0.29) is 11.5 Å². The van der Waals surface area contributed by atoms with E-state index in [2.05, 4.69) is 25.7 Å². The van der Waals surface area contributed by atoms with Crippen LogP contribution in [-0.4, -0.2) is 44.3 Å². The number of rotatable bonds is 4. The number of halogens is 4. The van der Waals surface area contributed by atoms with Gasteiger partial charge in [0, 0.05) is 15.7 Å². The molecule has 2 aromatic carbocycles. The van der Waals surface area contributed by atoms with E-state index in [1.165, 1.54) is 19.2 Å². The lowest BCUT2D eigenvalue weighted by molar-refractivity contribution is -0.164. The summed E-state index contributed by atoms with van der Waals surface area (Å²) >= 11 is 3.30. The highest BCUT2D eigenvalue weighted by atomic mass is 79.9. The Morgan fingerprint density at radius 2 is 1.68 bits per heavy atom. The van der Waals surface area contributed by atoms with Crippen LogP contribution in [0.5, 0.6) is 5.75 Å². The van der Waals surface area contributed by atoms with Crippen molar-refractivity contribution in [2.24, 2.45) is 4.99 Å². The fourth-order valence-electron chi connectivity index (χ4n) is 3.00. The molecule has 0 bridgehead atoms. The van der Waals surface area contributed by atoms with Crippen LogP contribution in [0.3, 0.4) is 0 Å². The van der Waals surface area contributed by atoms with Gasteiger partial charge < -0.3 is 14.4 Å². The second kappa shape index (κ2) is 7.83. The zero-order valence-electron chi connectivity index (χ0n) is 14.9. The fraction of sp³-hybridized carbons (Fsp3) is 0.263. The van der Waals surface area contributed by atoms with Gasteiger partial charge in [-0.25, -0.2) is 9.79 Å². The Morgan fingerprint density at radius 1 is 1.07 bits per heavy atom. The van der Waals surface area contributed by atoms with Crippen LogP contribution in [0.4, 0.5) is 18.9 Å². The van der Waals surface area contributed by atoms with E-state index in [1.807, 2.05) is 0 Å². The second-order valence-corrected chi connectivity index (χ2v) is 6.90. The lowest BCUT2D eigenvalue weighted by Crippen LogP contribution is -2.52. The molecule has 0 radical (unpaired) electrons. The molecule has 148 valence electrons. The van der Waals surface area contributed by atoms with Crippen molar-refractivity contribution in [3.63, 3.8) is 0 Å². The van der Waals surface area contributed by atoms with Gasteiger partial charge in [0.05, 0.1) is 14.2 Å². The summed E-state index contributed by atoms with van der Waals surface area (Å²) in [4.78, 5) is 17.2. The quantitative estimate of drug-likeness (QED) is 0.647. The van der Waals surface area contributed by atoms with Gasteiger partial charge in [-0.15, -0.1) is 0 Å². The minimum absolute atomic E-state index is 0.0374. The Morgan fingerprint density at radius 3 is 2.18 bits per heavy atom. The van der Waals surface area contributed by atoms with Gasteiger partial charge in [-0.05, 0) is 36.4 Å². The van der Waals surface area contributed by atoms with Crippen molar-refractivity contribution in [1.82, 2.24) is 0 Å². The van der Waals surface area contributed by atoms with Crippen LogP contribution >= 0.6 is 15.9 Å². The SMILES string of the molecule is COC(=O)[C@@H]1N=C(c2ccc(Br)cc2)N(c2ccc(OC)cc2)[C@H]1C(F)(F)F. The summed E-state index contributed by atoms with van der Waals surface area (Å²) in [7, 11) is 2.51. The standard InChI is InChI=1S/C19H16BrF3N2O3/c1-27-14-9-7-13(8-10-14)25-16(19(21,22)23)15(18(26)28-2)24-17(25)11-3-5-12(20)6-4-11/h3-10,15-16H,1-2H3/t15-,16-/m1/s1. The molecule has 1 aliphatic heterocycles. The Labute approximate surface area is 167 Å². The first kappa shape index (κ1) is 20.2. The number of benzene rings is 2. The summed E-state index contributed by atoms with van der Waals surface area (Å²) in [5.41, 5.74) is 0.677. The van der Waals surface area contributed by atoms with E-state index in [4.69, 9.17) is 4.74 Å². The average Bonchev–Trinajstić information content (AvgIpc) is 3.09. The molecule has 0 saturated heterocycles. The number of anilines is 1. The third kappa shape index (κ3) is 3.84. The number of carbonyl (C=O) groups excluding carboxylic acids is 1. The van der Waals surface area contributed by atoms with Crippen LogP contribution in [0.15, 0.2) is 58.0 Å². The molecule has 1 aliphatic rings. The molecule has 2 atom stereocenters. The van der Waals surface area contributed by atoms with Gasteiger partial charge in [-0.1, -0.05) is 28.1 Å². The summed E-state index contributed by atoms with van der Waals surface area (Å²) in [5.74, 6) is -0.513. The van der Waals surface area contributed by atoms with E-state index < -0.39 is 24.2 Å². The number of amidine groups is 1. The van der Waals surface area contributed by atoms with Gasteiger partial charge in [-0.2, -0.15) is 13.2 Å². The Hall–Kier alpha value is -2.55. The number of hydrogen-bond donors (Lipinski definition) is 0. The second-order valence-electron chi connectivity index (χ2n) is 5.98. The maximum Gasteiger partial charge on any atom is 0.411 e. The van der Waals surface area contributed by atoms with Crippen molar-refractivity contribution in [3.05, 3.63) is 58.6 Å². The molecule has 0 saturated carbocycles. The monoisotopic (exact) mass is 456 g/mol. The van der Waals surface area contributed by atoms with E-state index in [0.29, 0.717) is 11.3 Å². The molecular formula is C19H16BrF3N2O3. The molecule has 28 heavy (non-hydrogen) atoms. The van der Waals surface area contributed by atoms with Gasteiger partial charge in [0.1, 0.15) is 11.6 Å². The van der Waals surface area contributed by atoms with E-state index in [0.717, 1.165) is 16.5 Å². The van der Waals surface area contributed by atoms with Crippen LogP contribution in [0.1, 0.15) is 5.56 Å². The number of esters is 1. The molecule has 5 nitrogen and oxygen atoms in total. The van der Waals surface area contributed by atoms with Crippen molar-refractivity contribution >= 4 is 33.4 Å². The third-order valence-electron chi connectivity index (χ3n) is 4.30. The topological polar surface area (TPSA) is 51.1 Å². The largest absolute Gasteiger partial charge is 0.497 e. The van der Waals surface area contributed by atoms with E-state index in [1.54, 1.807) is 36.4 Å². The summed E-state index contributed by atoms with van der Waals surface area (Å²) in [6, 6.07) is 8.81. The first-order valence-electron chi connectivity index (χ1n) is 8.18. The number of carbonyl (C=O) groups is 1. The maximum atomic E-state index is 14.0. The van der Waals surface area contributed by atoms with Crippen LogP contribution in [-0.2, 0) is 9.53 Å². The molecule has 0 aromatic heterocycles. The molecule has 0 fully saturated rings. The van der Waals surface area contributed by atoms with Crippen molar-refractivity contribution < 1.29 is 27.4 Å². The molecular weight excluding hydrogens is 441 g/mol. The number of methoxy groups -OCH3 is 2. The molecule has 2 aromatic rings. The number of hydrogen-bond acceptors (Lipinski definition) is 5. The highest BCUT2D eigenvalue weighted by Gasteiger charge is 2.56. The molecule has 3 rings (SSSR count). The highest BCUT2D eigenvalue weighted by Crippen LogP contribution is 2.38. The molecule has 0 N–H and O–H groups in total. The molecule has 0 spiro atoms. The van der Waals surface area contributed by atoms with Gasteiger partial charge in [-0.3, -0.25) is 0 Å². The van der Waals surface area contributed by atoms with Gasteiger partial charge in [0.2, 0.25) is 0 Å². The van der Waals surface area contributed by atoms with Gasteiger partial charge in [0.25, 0.3) is 0 Å². The Kier molecular flexibility index (Phi) is 5.64. The lowest BCUT2D eigenvalue weighted by atomic mass is 10.1. The zero-order chi connectivity index (χ0) is 20.5. The number of ether oxygens (including phenoxy) is 2. The fourth-order valence-corrected chi connectivity index (χ4v) is 3.27. The molecule has 0 aliphatic carbocycles.